The van der Waals surface area contributed by atoms with E-state index >= 15 is 0 Å². The van der Waals surface area contributed by atoms with Gasteiger partial charge in [-0.25, -0.2) is 4.98 Å². The minimum Gasteiger partial charge on any atom is -0.330 e. The maximum Gasteiger partial charge on any atom is 0.197 e. The fraction of sp³-hybridized carbons (Fsp3) is 0.333. The van der Waals surface area contributed by atoms with Gasteiger partial charge < -0.3 is 10.3 Å². The van der Waals surface area contributed by atoms with Gasteiger partial charge in [-0.2, -0.15) is 5.26 Å². The lowest BCUT2D eigenvalue weighted by atomic mass is 10.3. The van der Waals surface area contributed by atoms with Crippen molar-refractivity contribution in [3.63, 3.8) is 0 Å². The molecule has 6 nitrogen and oxygen atoms in total. The van der Waals surface area contributed by atoms with Gasteiger partial charge in [-0.15, -0.1) is 10.2 Å². The van der Waals surface area contributed by atoms with Crippen molar-refractivity contribution in [2.45, 2.75) is 30.1 Å². The topological polar surface area (TPSA) is 93.4 Å². The van der Waals surface area contributed by atoms with Crippen molar-refractivity contribution < 1.29 is 0 Å². The molecule has 0 fully saturated rings. The predicted molar refractivity (Wildman–Crippen MR) is 71.5 cm³/mol. The van der Waals surface area contributed by atoms with E-state index in [-0.39, 0.29) is 0 Å². The zero-order valence-electron chi connectivity index (χ0n) is 10.6. The molecule has 19 heavy (non-hydrogen) atoms. The van der Waals surface area contributed by atoms with Crippen LogP contribution in [0.3, 0.4) is 0 Å². The van der Waals surface area contributed by atoms with E-state index < -0.39 is 0 Å². The monoisotopic (exact) mass is 274 g/mol. The summed E-state index contributed by atoms with van der Waals surface area (Å²) in [6.07, 6.45) is 2.26. The van der Waals surface area contributed by atoms with Gasteiger partial charge >= 0.3 is 0 Å². The number of rotatable bonds is 5. The van der Waals surface area contributed by atoms with E-state index in [1.54, 1.807) is 18.3 Å². The highest BCUT2D eigenvalue weighted by molar-refractivity contribution is 7.99. The standard InChI is InChI=1S/C12H14N6S/c1-2-18-10(5-6-13)16-17-12(18)19-11-4-3-9(7-14)8-15-11/h3-4,8H,2,5-6,13H2,1H3. The van der Waals surface area contributed by atoms with Gasteiger partial charge in [-0.3, -0.25) is 0 Å². The van der Waals surface area contributed by atoms with Crippen LogP contribution in [0.2, 0.25) is 0 Å². The summed E-state index contributed by atoms with van der Waals surface area (Å²) >= 11 is 1.43. The maximum absolute atomic E-state index is 8.73. The summed E-state index contributed by atoms with van der Waals surface area (Å²) in [6, 6.07) is 5.59. The minimum absolute atomic E-state index is 0.546. The van der Waals surface area contributed by atoms with Crippen LogP contribution in [0.15, 0.2) is 28.5 Å². The number of nitrogens with two attached hydrogens (primary N) is 1. The van der Waals surface area contributed by atoms with Crippen molar-refractivity contribution in [1.29, 1.82) is 5.26 Å². The molecule has 0 aliphatic heterocycles. The molecule has 98 valence electrons. The SMILES string of the molecule is CCn1c(CCN)nnc1Sc1ccc(C#N)cn1. The van der Waals surface area contributed by atoms with E-state index in [9.17, 15) is 0 Å². The van der Waals surface area contributed by atoms with Crippen LogP contribution in [0.25, 0.3) is 0 Å². The Morgan fingerprint density at radius 3 is 2.84 bits per heavy atom. The normalized spacial score (nSPS) is 10.4. The summed E-state index contributed by atoms with van der Waals surface area (Å²) in [7, 11) is 0. The Balaban J connectivity index is 2.20. The first-order chi connectivity index (χ1) is 9.28. The van der Waals surface area contributed by atoms with Gasteiger partial charge in [-0.05, 0) is 37.4 Å². The van der Waals surface area contributed by atoms with Crippen LogP contribution in [-0.2, 0) is 13.0 Å². The number of pyridine rings is 1. The third-order valence-corrected chi connectivity index (χ3v) is 3.47. The van der Waals surface area contributed by atoms with Gasteiger partial charge in [0.15, 0.2) is 5.16 Å². The Kier molecular flexibility index (Phi) is 4.49. The molecule has 2 aromatic rings. The first kappa shape index (κ1) is 13.5. The molecule has 2 aromatic heterocycles. The lowest BCUT2D eigenvalue weighted by molar-refractivity contribution is 0.640. The van der Waals surface area contributed by atoms with Gasteiger partial charge in [0.1, 0.15) is 16.9 Å². The van der Waals surface area contributed by atoms with Crippen LogP contribution in [-0.4, -0.2) is 26.3 Å². The zero-order valence-corrected chi connectivity index (χ0v) is 11.4. The average Bonchev–Trinajstić information content (AvgIpc) is 2.82. The van der Waals surface area contributed by atoms with Crippen LogP contribution < -0.4 is 5.73 Å². The van der Waals surface area contributed by atoms with Crippen molar-refractivity contribution in [3.8, 4) is 6.07 Å². The molecule has 0 saturated carbocycles. The molecule has 7 heteroatoms. The highest BCUT2D eigenvalue weighted by atomic mass is 32.2. The molecule has 2 rings (SSSR count). The molecular formula is C12H14N6S. The number of nitriles is 1. The molecule has 2 N–H and O–H groups in total. The van der Waals surface area contributed by atoms with Gasteiger partial charge in [-0.1, -0.05) is 0 Å². The summed E-state index contributed by atoms with van der Waals surface area (Å²) < 4.78 is 2.03. The first-order valence-electron chi connectivity index (χ1n) is 5.94. The van der Waals surface area contributed by atoms with E-state index in [0.717, 1.165) is 22.6 Å². The van der Waals surface area contributed by atoms with Gasteiger partial charge in [0.05, 0.1) is 5.56 Å². The predicted octanol–water partition coefficient (Wildman–Crippen LogP) is 1.22. The van der Waals surface area contributed by atoms with Crippen molar-refractivity contribution in [1.82, 2.24) is 19.7 Å². The summed E-state index contributed by atoms with van der Waals surface area (Å²) in [6.45, 7) is 3.39. The average molecular weight is 274 g/mol. The highest BCUT2D eigenvalue weighted by Gasteiger charge is 2.11. The third-order valence-electron chi connectivity index (χ3n) is 2.54. The lowest BCUT2D eigenvalue weighted by Crippen LogP contribution is -2.09. The highest BCUT2D eigenvalue weighted by Crippen LogP contribution is 2.24. The Labute approximate surface area is 115 Å². The van der Waals surface area contributed by atoms with Crippen LogP contribution in [0.1, 0.15) is 18.3 Å². The molecule has 0 aliphatic carbocycles. The maximum atomic E-state index is 8.73. The quantitative estimate of drug-likeness (QED) is 0.881. The summed E-state index contributed by atoms with van der Waals surface area (Å²) in [5, 5.41) is 18.6. The Bertz CT molecular complexity index is 583. The van der Waals surface area contributed by atoms with Gasteiger partial charge in [0.2, 0.25) is 0 Å². The molecule has 2 heterocycles. The molecule has 0 atom stereocenters. The molecular weight excluding hydrogens is 260 g/mol. The zero-order chi connectivity index (χ0) is 13.7. The second-order valence-electron chi connectivity index (χ2n) is 3.78. The Morgan fingerprint density at radius 2 is 2.26 bits per heavy atom. The molecule has 0 bridgehead atoms. The molecule has 0 unspecified atom stereocenters. The molecule has 0 aliphatic rings. The molecule has 0 saturated heterocycles. The number of hydrogen-bond acceptors (Lipinski definition) is 6. The second kappa shape index (κ2) is 6.31. The smallest absolute Gasteiger partial charge is 0.197 e. The van der Waals surface area contributed by atoms with Crippen LogP contribution in [0, 0.1) is 11.3 Å². The summed E-state index contributed by atoms with van der Waals surface area (Å²) in [4.78, 5) is 4.21. The second-order valence-corrected chi connectivity index (χ2v) is 4.77. The van der Waals surface area contributed by atoms with Crippen LogP contribution in [0.5, 0.6) is 0 Å². The Hall–Kier alpha value is -1.91. The van der Waals surface area contributed by atoms with Crippen molar-refractivity contribution in [2.75, 3.05) is 6.54 Å². The van der Waals surface area contributed by atoms with E-state index in [1.165, 1.54) is 11.8 Å². The van der Waals surface area contributed by atoms with Crippen LogP contribution in [0.4, 0.5) is 0 Å². The van der Waals surface area contributed by atoms with Crippen molar-refractivity contribution in [3.05, 3.63) is 29.7 Å². The van der Waals surface area contributed by atoms with Gasteiger partial charge in [0, 0.05) is 19.2 Å². The van der Waals surface area contributed by atoms with Gasteiger partial charge in [0.25, 0.3) is 0 Å². The van der Waals surface area contributed by atoms with Crippen molar-refractivity contribution in [2.24, 2.45) is 5.73 Å². The molecule has 0 radical (unpaired) electrons. The molecule has 0 spiro atoms. The van der Waals surface area contributed by atoms with Crippen molar-refractivity contribution >= 4 is 11.8 Å². The summed E-state index contributed by atoms with van der Waals surface area (Å²) in [5.41, 5.74) is 6.09. The number of nitrogens with zero attached hydrogens (tertiary/aromatic N) is 5. The minimum atomic E-state index is 0.546. The molecule has 0 aromatic carbocycles. The number of hydrogen-bond donors (Lipinski definition) is 1. The van der Waals surface area contributed by atoms with Crippen LogP contribution >= 0.6 is 11.8 Å². The fourth-order valence-corrected chi connectivity index (χ4v) is 2.48. The van der Waals surface area contributed by atoms with E-state index in [4.69, 9.17) is 11.0 Å². The number of aromatic nitrogens is 4. The summed E-state index contributed by atoms with van der Waals surface area (Å²) in [5.74, 6) is 0.890. The fourth-order valence-electron chi connectivity index (χ4n) is 1.63. The lowest BCUT2D eigenvalue weighted by Gasteiger charge is -2.05. The van der Waals surface area contributed by atoms with E-state index in [0.29, 0.717) is 18.5 Å². The largest absolute Gasteiger partial charge is 0.330 e. The van der Waals surface area contributed by atoms with E-state index in [2.05, 4.69) is 15.2 Å². The Morgan fingerprint density at radius 1 is 1.42 bits per heavy atom. The molecule has 0 amide bonds. The third kappa shape index (κ3) is 3.10. The first-order valence-corrected chi connectivity index (χ1v) is 6.76. The van der Waals surface area contributed by atoms with E-state index in [1.807, 2.05) is 17.6 Å².